The zero-order chi connectivity index (χ0) is 14.3. The van der Waals surface area contributed by atoms with Gasteiger partial charge in [-0.05, 0) is 6.07 Å². The molecule has 8 heteroatoms. The van der Waals surface area contributed by atoms with Crippen LogP contribution in [-0.4, -0.2) is 50.7 Å². The molecule has 0 saturated carbocycles. The van der Waals surface area contributed by atoms with Crippen LogP contribution >= 0.6 is 0 Å². The smallest absolute Gasteiger partial charge is 0.227 e. The molecule has 0 unspecified atom stereocenters. The summed E-state index contributed by atoms with van der Waals surface area (Å²) >= 11 is 0. The third kappa shape index (κ3) is 1.98. The fourth-order valence-corrected chi connectivity index (χ4v) is 2.46. The maximum absolute atomic E-state index is 9.81. The van der Waals surface area contributed by atoms with Crippen LogP contribution in [0.25, 0.3) is 11.0 Å². The summed E-state index contributed by atoms with van der Waals surface area (Å²) < 4.78 is 12.5. The van der Waals surface area contributed by atoms with Gasteiger partial charge in [0.1, 0.15) is 12.3 Å². The van der Waals surface area contributed by atoms with Crippen molar-refractivity contribution in [3.8, 4) is 5.88 Å². The highest BCUT2D eigenvalue weighted by atomic mass is 16.5. The number of aromatic nitrogens is 3. The number of ether oxygens (including phenoxy) is 2. The molecule has 20 heavy (non-hydrogen) atoms. The number of hydrogen-bond donors (Lipinski definition) is 3. The van der Waals surface area contributed by atoms with E-state index in [0.29, 0.717) is 23.3 Å². The Hall–Kier alpha value is -1.90. The maximum atomic E-state index is 9.81. The van der Waals surface area contributed by atoms with Crippen molar-refractivity contribution in [3.63, 3.8) is 0 Å². The molecule has 1 saturated heterocycles. The molecule has 3 atom stereocenters. The average Bonchev–Trinajstić information content (AvgIpc) is 3.00. The molecule has 0 aromatic carbocycles. The summed E-state index contributed by atoms with van der Waals surface area (Å²) in [5, 5.41) is 19.7. The van der Waals surface area contributed by atoms with Crippen LogP contribution in [0.15, 0.2) is 12.3 Å². The van der Waals surface area contributed by atoms with Crippen molar-refractivity contribution in [1.82, 2.24) is 14.5 Å². The van der Waals surface area contributed by atoms with Crippen LogP contribution in [0.2, 0.25) is 0 Å². The van der Waals surface area contributed by atoms with Gasteiger partial charge in [0, 0.05) is 12.6 Å². The lowest BCUT2D eigenvalue weighted by atomic mass is 10.2. The summed E-state index contributed by atoms with van der Waals surface area (Å²) in [4.78, 5) is 8.20. The van der Waals surface area contributed by atoms with Gasteiger partial charge in [-0.15, -0.1) is 0 Å². The van der Waals surface area contributed by atoms with E-state index in [2.05, 4.69) is 9.97 Å². The molecule has 0 spiro atoms. The third-order valence-corrected chi connectivity index (χ3v) is 3.44. The Kier molecular flexibility index (Phi) is 3.20. The molecule has 3 heterocycles. The predicted molar refractivity (Wildman–Crippen MR) is 70.1 cm³/mol. The number of rotatable bonds is 3. The Morgan fingerprint density at radius 1 is 1.55 bits per heavy atom. The Balaban J connectivity index is 2.03. The third-order valence-electron chi connectivity index (χ3n) is 3.44. The first-order chi connectivity index (χ1) is 9.63. The molecule has 1 aliphatic heterocycles. The second-order valence-corrected chi connectivity index (χ2v) is 4.67. The van der Waals surface area contributed by atoms with Crippen molar-refractivity contribution in [2.24, 2.45) is 0 Å². The second kappa shape index (κ2) is 4.89. The van der Waals surface area contributed by atoms with Crippen LogP contribution in [0.5, 0.6) is 5.88 Å². The molecule has 0 amide bonds. The van der Waals surface area contributed by atoms with Crippen molar-refractivity contribution in [2.75, 3.05) is 19.5 Å². The van der Waals surface area contributed by atoms with E-state index in [4.69, 9.17) is 20.3 Å². The molecule has 0 bridgehead atoms. The van der Waals surface area contributed by atoms with Crippen molar-refractivity contribution in [2.45, 2.75) is 24.9 Å². The van der Waals surface area contributed by atoms with Crippen LogP contribution in [0.1, 0.15) is 12.6 Å². The first-order valence-electron chi connectivity index (χ1n) is 6.26. The van der Waals surface area contributed by atoms with E-state index in [1.165, 1.54) is 7.11 Å². The van der Waals surface area contributed by atoms with Gasteiger partial charge in [-0.1, -0.05) is 0 Å². The molecule has 108 valence electrons. The van der Waals surface area contributed by atoms with Crippen LogP contribution in [0, 0.1) is 0 Å². The number of hydrogen-bond acceptors (Lipinski definition) is 7. The predicted octanol–water partition coefficient (Wildman–Crippen LogP) is -0.337. The Bertz CT molecular complexity index is 629. The minimum Gasteiger partial charge on any atom is -0.480 e. The monoisotopic (exact) mass is 280 g/mol. The SMILES string of the molecule is COc1nc(N)nc2c1ccn2[C@H]1C[C@H](O)[C@@H](CO)O1. The van der Waals surface area contributed by atoms with E-state index in [9.17, 15) is 5.11 Å². The summed E-state index contributed by atoms with van der Waals surface area (Å²) in [6.07, 6.45) is 0.459. The highest BCUT2D eigenvalue weighted by Gasteiger charge is 2.35. The van der Waals surface area contributed by atoms with Crippen molar-refractivity contribution in [1.29, 1.82) is 0 Å². The number of anilines is 1. The van der Waals surface area contributed by atoms with Crippen LogP contribution in [-0.2, 0) is 4.74 Å². The Labute approximate surface area is 114 Å². The highest BCUT2D eigenvalue weighted by Crippen LogP contribution is 2.33. The minimum atomic E-state index is -0.705. The largest absolute Gasteiger partial charge is 0.480 e. The Morgan fingerprint density at radius 2 is 2.35 bits per heavy atom. The van der Waals surface area contributed by atoms with E-state index < -0.39 is 18.4 Å². The molecular formula is C12H16N4O4. The van der Waals surface area contributed by atoms with Crippen molar-refractivity contribution in [3.05, 3.63) is 12.3 Å². The van der Waals surface area contributed by atoms with E-state index >= 15 is 0 Å². The molecule has 1 fully saturated rings. The number of methoxy groups -OCH3 is 1. The van der Waals surface area contributed by atoms with Crippen LogP contribution < -0.4 is 10.5 Å². The topological polar surface area (TPSA) is 116 Å². The van der Waals surface area contributed by atoms with Crippen LogP contribution in [0.4, 0.5) is 5.95 Å². The second-order valence-electron chi connectivity index (χ2n) is 4.67. The first-order valence-corrected chi connectivity index (χ1v) is 6.26. The summed E-state index contributed by atoms with van der Waals surface area (Å²) in [5.41, 5.74) is 6.24. The quantitative estimate of drug-likeness (QED) is 0.704. The van der Waals surface area contributed by atoms with Gasteiger partial charge in [0.05, 0.1) is 25.2 Å². The maximum Gasteiger partial charge on any atom is 0.227 e. The van der Waals surface area contributed by atoms with Gasteiger partial charge in [0.2, 0.25) is 11.8 Å². The van der Waals surface area contributed by atoms with E-state index in [1.54, 1.807) is 16.8 Å². The van der Waals surface area contributed by atoms with Gasteiger partial charge in [0.15, 0.2) is 5.65 Å². The number of aliphatic hydroxyl groups is 2. The molecule has 8 nitrogen and oxygen atoms in total. The van der Waals surface area contributed by atoms with Gasteiger partial charge < -0.3 is 30.0 Å². The number of nitrogens with two attached hydrogens (primary N) is 1. The normalized spacial score (nSPS) is 26.2. The van der Waals surface area contributed by atoms with Gasteiger partial charge in [0.25, 0.3) is 0 Å². The van der Waals surface area contributed by atoms with E-state index in [0.717, 1.165) is 0 Å². The van der Waals surface area contributed by atoms with Crippen LogP contribution in [0.3, 0.4) is 0 Å². The van der Waals surface area contributed by atoms with Gasteiger partial charge in [-0.2, -0.15) is 9.97 Å². The highest BCUT2D eigenvalue weighted by molar-refractivity contribution is 5.82. The molecule has 2 aromatic rings. The zero-order valence-electron chi connectivity index (χ0n) is 10.9. The lowest BCUT2D eigenvalue weighted by Crippen LogP contribution is -2.24. The average molecular weight is 280 g/mol. The number of nitrogens with zero attached hydrogens (tertiary/aromatic N) is 3. The summed E-state index contributed by atoms with van der Waals surface area (Å²) in [7, 11) is 1.51. The lowest BCUT2D eigenvalue weighted by molar-refractivity contribution is -0.0430. The van der Waals surface area contributed by atoms with E-state index in [-0.39, 0.29) is 12.6 Å². The molecule has 0 radical (unpaired) electrons. The van der Waals surface area contributed by atoms with Gasteiger partial charge in [-0.25, -0.2) is 0 Å². The van der Waals surface area contributed by atoms with E-state index in [1.807, 2.05) is 0 Å². The molecule has 0 aliphatic carbocycles. The number of fused-ring (bicyclic) bond motifs is 1. The van der Waals surface area contributed by atoms with Crippen molar-refractivity contribution < 1.29 is 19.7 Å². The summed E-state index contributed by atoms with van der Waals surface area (Å²) in [6, 6.07) is 1.80. The molecule has 2 aromatic heterocycles. The standard InChI is InChI=1S/C12H16N4O4/c1-19-11-6-2-3-16(10(6)14-12(13)15-11)9-4-7(18)8(5-17)20-9/h2-3,7-9,17-18H,4-5H2,1H3,(H2,13,14,15)/t7-,8+,9+/m0/s1. The summed E-state index contributed by atoms with van der Waals surface area (Å²) in [6.45, 7) is -0.225. The van der Waals surface area contributed by atoms with Gasteiger partial charge >= 0.3 is 0 Å². The zero-order valence-corrected chi connectivity index (χ0v) is 10.9. The lowest BCUT2D eigenvalue weighted by Gasteiger charge is -2.14. The number of aliphatic hydroxyl groups excluding tert-OH is 2. The molecule has 3 rings (SSSR count). The fraction of sp³-hybridized carbons (Fsp3) is 0.500. The number of nitrogen functional groups attached to an aromatic ring is 1. The summed E-state index contributed by atoms with van der Waals surface area (Å²) in [5.74, 6) is 0.495. The molecular weight excluding hydrogens is 264 g/mol. The van der Waals surface area contributed by atoms with Gasteiger partial charge in [-0.3, -0.25) is 0 Å². The molecule has 1 aliphatic rings. The fourth-order valence-electron chi connectivity index (χ4n) is 2.46. The molecule has 4 N–H and O–H groups in total. The first kappa shape index (κ1) is 13.1. The van der Waals surface area contributed by atoms with Crippen molar-refractivity contribution >= 4 is 17.0 Å². The minimum absolute atomic E-state index is 0.103. The Morgan fingerprint density at radius 3 is 3.00 bits per heavy atom.